The number of carbonyl (C=O) groups is 3. The Kier molecular flexibility index (Phi) is 8.50. The summed E-state index contributed by atoms with van der Waals surface area (Å²) >= 11 is 7.94. The highest BCUT2D eigenvalue weighted by Crippen LogP contribution is 2.38. The van der Waals surface area contributed by atoms with Crippen LogP contribution in [-0.4, -0.2) is 46.5 Å². The zero-order valence-corrected chi connectivity index (χ0v) is 22.5. The molecule has 2 aliphatic heterocycles. The molecular weight excluding hydrogens is 584 g/mol. The van der Waals surface area contributed by atoms with Gasteiger partial charge in [0.15, 0.2) is 0 Å². The van der Waals surface area contributed by atoms with Crippen LogP contribution >= 0.6 is 43.6 Å². The van der Waals surface area contributed by atoms with E-state index in [9.17, 15) is 14.4 Å². The Morgan fingerprint density at radius 3 is 2.29 bits per heavy atom. The molecule has 0 N–H and O–H groups in total. The predicted molar refractivity (Wildman–Crippen MR) is 140 cm³/mol. The van der Waals surface area contributed by atoms with E-state index < -0.39 is 11.1 Å². The second-order valence-electron chi connectivity index (χ2n) is 8.15. The first-order valence-corrected chi connectivity index (χ1v) is 13.5. The zero-order chi connectivity index (χ0) is 24.1. The fourth-order valence-electron chi connectivity index (χ4n) is 3.87. The van der Waals surface area contributed by atoms with E-state index in [1.54, 1.807) is 11.0 Å². The molecule has 2 aliphatic rings. The Morgan fingerprint density at radius 2 is 1.65 bits per heavy atom. The maximum atomic E-state index is 12.9. The van der Waals surface area contributed by atoms with Crippen molar-refractivity contribution < 1.29 is 19.1 Å². The van der Waals surface area contributed by atoms with Crippen LogP contribution < -0.4 is 4.74 Å². The molecule has 0 saturated carbocycles. The molecule has 0 radical (unpaired) electrons. The van der Waals surface area contributed by atoms with Crippen LogP contribution in [0, 0.1) is 0 Å². The van der Waals surface area contributed by atoms with Crippen molar-refractivity contribution in [3.8, 4) is 5.75 Å². The number of amides is 3. The molecule has 0 aliphatic carbocycles. The summed E-state index contributed by atoms with van der Waals surface area (Å²) in [6, 6.07) is 13.5. The summed E-state index contributed by atoms with van der Waals surface area (Å²) in [4.78, 5) is 41.2. The fourth-order valence-corrected chi connectivity index (χ4v) is 6.16. The van der Waals surface area contributed by atoms with Crippen LogP contribution in [-0.2, 0) is 16.2 Å². The summed E-state index contributed by atoms with van der Waals surface area (Å²) in [5, 5.41) is -0.416. The number of imide groups is 1. The number of nitrogens with zero attached hydrogens (tertiary/aromatic N) is 2. The van der Waals surface area contributed by atoms with Crippen molar-refractivity contribution in [1.82, 2.24) is 9.80 Å². The molecule has 2 aromatic rings. The first kappa shape index (κ1) is 25.0. The second-order valence-corrected chi connectivity index (χ2v) is 10.9. The molecule has 34 heavy (non-hydrogen) atoms. The minimum atomic E-state index is -0.435. The predicted octanol–water partition coefficient (Wildman–Crippen LogP) is 6.23. The highest BCUT2D eigenvalue weighted by atomic mass is 79.9. The molecular formula is C25H24Br2N2O4S. The minimum Gasteiger partial charge on any atom is -0.487 e. The van der Waals surface area contributed by atoms with Gasteiger partial charge in [0.25, 0.3) is 11.1 Å². The lowest BCUT2D eigenvalue weighted by atomic mass is 10.2. The van der Waals surface area contributed by atoms with E-state index in [4.69, 9.17) is 4.74 Å². The summed E-state index contributed by atoms with van der Waals surface area (Å²) < 4.78 is 7.40. The van der Waals surface area contributed by atoms with Crippen molar-refractivity contribution in [1.29, 1.82) is 0 Å². The van der Waals surface area contributed by atoms with Gasteiger partial charge in [0, 0.05) is 13.1 Å². The quantitative estimate of drug-likeness (QED) is 0.364. The first-order valence-electron chi connectivity index (χ1n) is 11.1. The molecule has 2 aromatic carbocycles. The fraction of sp³-hybridized carbons (Fsp3) is 0.320. The van der Waals surface area contributed by atoms with Gasteiger partial charge in [0.1, 0.15) is 18.9 Å². The zero-order valence-electron chi connectivity index (χ0n) is 18.5. The SMILES string of the molecule is O=C(CN1C(=O)SC(=Cc2cc(Br)c(OCc3ccccc3)c(Br)c2)C1=O)N1CCCCCC1. The molecule has 0 aromatic heterocycles. The number of hydrogen-bond donors (Lipinski definition) is 0. The molecule has 2 heterocycles. The van der Waals surface area contributed by atoms with Crippen molar-refractivity contribution >= 4 is 66.8 Å². The lowest BCUT2D eigenvalue weighted by molar-refractivity contribution is -0.135. The van der Waals surface area contributed by atoms with E-state index in [2.05, 4.69) is 31.9 Å². The van der Waals surface area contributed by atoms with Gasteiger partial charge in [-0.15, -0.1) is 0 Å². The van der Waals surface area contributed by atoms with Gasteiger partial charge < -0.3 is 9.64 Å². The Hall–Kier alpha value is -2.10. The Bertz CT molecular complexity index is 1090. The van der Waals surface area contributed by atoms with E-state index >= 15 is 0 Å². The molecule has 6 nitrogen and oxygen atoms in total. The number of likely N-dealkylation sites (tertiary alicyclic amines) is 1. The van der Waals surface area contributed by atoms with Crippen LogP contribution in [0.5, 0.6) is 5.75 Å². The molecule has 0 atom stereocenters. The van der Waals surface area contributed by atoms with E-state index in [0.717, 1.165) is 62.4 Å². The van der Waals surface area contributed by atoms with Crippen molar-refractivity contribution in [2.75, 3.05) is 19.6 Å². The number of ether oxygens (including phenoxy) is 1. The third-order valence-corrected chi connectivity index (χ3v) is 7.76. The molecule has 4 rings (SSSR count). The summed E-state index contributed by atoms with van der Waals surface area (Å²) in [6.45, 7) is 1.58. The smallest absolute Gasteiger partial charge is 0.294 e. The summed E-state index contributed by atoms with van der Waals surface area (Å²) in [5.74, 6) is 0.0443. The molecule has 0 spiro atoms. The number of carbonyl (C=O) groups excluding carboxylic acids is 3. The van der Waals surface area contributed by atoms with Gasteiger partial charge in [-0.05, 0) is 85.8 Å². The Morgan fingerprint density at radius 1 is 1.00 bits per heavy atom. The van der Waals surface area contributed by atoms with Gasteiger partial charge >= 0.3 is 0 Å². The maximum Gasteiger partial charge on any atom is 0.294 e. The standard InChI is InChI=1S/C25H24Br2N2O4S/c26-19-12-18(13-20(27)23(19)33-16-17-8-4-3-5-9-17)14-21-24(31)29(25(32)34-21)15-22(30)28-10-6-1-2-7-11-28/h3-5,8-9,12-14H,1-2,6-7,10-11,15-16H2. The molecule has 9 heteroatoms. The Balaban J connectivity index is 1.44. The summed E-state index contributed by atoms with van der Waals surface area (Å²) in [7, 11) is 0. The average molecular weight is 608 g/mol. The number of rotatable bonds is 6. The number of thioether (sulfide) groups is 1. The van der Waals surface area contributed by atoms with Crippen LogP contribution in [0.4, 0.5) is 4.79 Å². The minimum absolute atomic E-state index is 0.171. The highest BCUT2D eigenvalue weighted by Gasteiger charge is 2.37. The van der Waals surface area contributed by atoms with Crippen molar-refractivity contribution in [3.05, 3.63) is 67.4 Å². The number of hydrogen-bond acceptors (Lipinski definition) is 5. The van der Waals surface area contributed by atoms with E-state index in [0.29, 0.717) is 30.4 Å². The van der Waals surface area contributed by atoms with E-state index in [1.165, 1.54) is 0 Å². The monoisotopic (exact) mass is 606 g/mol. The van der Waals surface area contributed by atoms with Crippen LogP contribution in [0.2, 0.25) is 0 Å². The normalized spacial score (nSPS) is 17.9. The highest BCUT2D eigenvalue weighted by molar-refractivity contribution is 9.11. The van der Waals surface area contributed by atoms with Crippen molar-refractivity contribution in [3.63, 3.8) is 0 Å². The lowest BCUT2D eigenvalue weighted by Gasteiger charge is -2.22. The van der Waals surface area contributed by atoms with E-state index in [-0.39, 0.29) is 12.5 Å². The van der Waals surface area contributed by atoms with Crippen molar-refractivity contribution in [2.24, 2.45) is 0 Å². The van der Waals surface area contributed by atoms with Gasteiger partial charge in [-0.1, -0.05) is 43.2 Å². The lowest BCUT2D eigenvalue weighted by Crippen LogP contribution is -2.42. The first-order chi connectivity index (χ1) is 16.4. The second kappa shape index (κ2) is 11.6. The molecule has 178 valence electrons. The van der Waals surface area contributed by atoms with Gasteiger partial charge in [0.2, 0.25) is 5.91 Å². The molecule has 2 saturated heterocycles. The molecule has 0 bridgehead atoms. The third kappa shape index (κ3) is 6.12. The number of benzene rings is 2. The van der Waals surface area contributed by atoms with E-state index in [1.807, 2.05) is 42.5 Å². The van der Waals surface area contributed by atoms with Crippen LogP contribution in [0.15, 0.2) is 56.3 Å². The average Bonchev–Trinajstić information content (AvgIpc) is 3.01. The summed E-state index contributed by atoms with van der Waals surface area (Å²) in [5.41, 5.74) is 1.78. The molecule has 3 amide bonds. The summed E-state index contributed by atoms with van der Waals surface area (Å²) in [6.07, 6.45) is 5.80. The topological polar surface area (TPSA) is 66.9 Å². The third-order valence-electron chi connectivity index (χ3n) is 5.67. The van der Waals surface area contributed by atoms with Gasteiger partial charge in [-0.25, -0.2) is 0 Å². The van der Waals surface area contributed by atoms with Crippen LogP contribution in [0.25, 0.3) is 6.08 Å². The van der Waals surface area contributed by atoms with Gasteiger partial charge in [-0.3, -0.25) is 19.3 Å². The molecule has 0 unspecified atom stereocenters. The Labute approximate surface area is 220 Å². The van der Waals surface area contributed by atoms with Gasteiger partial charge in [0.05, 0.1) is 13.9 Å². The molecule has 2 fully saturated rings. The van der Waals surface area contributed by atoms with Crippen LogP contribution in [0.3, 0.4) is 0 Å². The van der Waals surface area contributed by atoms with Crippen LogP contribution in [0.1, 0.15) is 36.8 Å². The number of halogens is 2. The van der Waals surface area contributed by atoms with Gasteiger partial charge in [-0.2, -0.15) is 0 Å². The maximum absolute atomic E-state index is 12.9. The largest absolute Gasteiger partial charge is 0.487 e. The van der Waals surface area contributed by atoms with Crippen molar-refractivity contribution in [2.45, 2.75) is 32.3 Å².